The second-order valence-electron chi connectivity index (χ2n) is 7.64. The van der Waals surface area contributed by atoms with Crippen molar-refractivity contribution in [1.82, 2.24) is 15.1 Å². The summed E-state index contributed by atoms with van der Waals surface area (Å²) in [5, 5.41) is 7.66. The third-order valence-corrected chi connectivity index (χ3v) is 4.82. The van der Waals surface area contributed by atoms with Crippen molar-refractivity contribution in [2.24, 2.45) is 5.92 Å². The second-order valence-corrected chi connectivity index (χ2v) is 7.64. The Morgan fingerprint density at radius 2 is 1.96 bits per heavy atom. The fraction of sp³-hybridized carbons (Fsp3) is 0.545. The summed E-state index contributed by atoms with van der Waals surface area (Å²) in [6, 6.07) is 6.12. The van der Waals surface area contributed by atoms with Gasteiger partial charge < -0.3 is 10.1 Å². The zero-order valence-corrected chi connectivity index (χ0v) is 17.6. The van der Waals surface area contributed by atoms with Crippen LogP contribution in [0.25, 0.3) is 0 Å². The van der Waals surface area contributed by atoms with Crippen LogP contribution in [0.1, 0.15) is 48.3 Å². The van der Waals surface area contributed by atoms with Crippen molar-refractivity contribution >= 4 is 5.91 Å². The Morgan fingerprint density at radius 1 is 1.22 bits per heavy atom. The van der Waals surface area contributed by atoms with E-state index in [-0.39, 0.29) is 5.91 Å². The van der Waals surface area contributed by atoms with E-state index in [0.717, 1.165) is 36.4 Å². The number of nitrogens with one attached hydrogen (secondary N) is 1. The lowest BCUT2D eigenvalue weighted by molar-refractivity contribution is -0.121. The molecule has 0 spiro atoms. The third kappa shape index (κ3) is 5.84. The van der Waals surface area contributed by atoms with Crippen molar-refractivity contribution in [2.75, 3.05) is 13.7 Å². The van der Waals surface area contributed by atoms with Crippen LogP contribution in [-0.4, -0.2) is 29.3 Å². The number of hydrogen-bond donors (Lipinski definition) is 1. The van der Waals surface area contributed by atoms with Gasteiger partial charge in [0.25, 0.3) is 0 Å². The number of hydrogen-bond acceptors (Lipinski definition) is 3. The summed E-state index contributed by atoms with van der Waals surface area (Å²) in [5.41, 5.74) is 5.73. The number of aromatic nitrogens is 2. The molecule has 0 saturated carbocycles. The van der Waals surface area contributed by atoms with E-state index >= 15 is 0 Å². The molecule has 0 atom stereocenters. The number of rotatable bonds is 9. The Labute approximate surface area is 163 Å². The highest BCUT2D eigenvalue weighted by atomic mass is 16.5. The lowest BCUT2D eigenvalue weighted by Crippen LogP contribution is -2.26. The fourth-order valence-electron chi connectivity index (χ4n) is 3.39. The maximum Gasteiger partial charge on any atom is 0.220 e. The van der Waals surface area contributed by atoms with Crippen LogP contribution in [0.2, 0.25) is 0 Å². The van der Waals surface area contributed by atoms with Gasteiger partial charge in [-0.1, -0.05) is 31.5 Å². The van der Waals surface area contributed by atoms with Gasteiger partial charge in [-0.3, -0.25) is 9.48 Å². The van der Waals surface area contributed by atoms with Crippen LogP contribution in [-0.2, 0) is 24.2 Å². The molecule has 1 aromatic heterocycles. The van der Waals surface area contributed by atoms with E-state index < -0.39 is 0 Å². The van der Waals surface area contributed by atoms with Gasteiger partial charge in [0.1, 0.15) is 5.75 Å². The minimum atomic E-state index is 0.0806. The quantitative estimate of drug-likeness (QED) is 0.730. The molecule has 27 heavy (non-hydrogen) atoms. The molecular weight excluding hydrogens is 338 g/mol. The predicted octanol–water partition coefficient (Wildman–Crippen LogP) is 3.76. The summed E-state index contributed by atoms with van der Waals surface area (Å²) in [7, 11) is 1.68. The van der Waals surface area contributed by atoms with E-state index in [1.165, 1.54) is 16.8 Å². The summed E-state index contributed by atoms with van der Waals surface area (Å²) >= 11 is 0. The van der Waals surface area contributed by atoms with E-state index in [9.17, 15) is 4.79 Å². The lowest BCUT2D eigenvalue weighted by atomic mass is 10.1. The molecule has 0 aliphatic rings. The number of methoxy groups -OCH3 is 1. The zero-order valence-electron chi connectivity index (χ0n) is 17.6. The highest BCUT2D eigenvalue weighted by Gasteiger charge is 2.14. The molecule has 0 bridgehead atoms. The lowest BCUT2D eigenvalue weighted by Gasteiger charge is -2.10. The van der Waals surface area contributed by atoms with Crippen molar-refractivity contribution in [3.63, 3.8) is 0 Å². The monoisotopic (exact) mass is 371 g/mol. The highest BCUT2D eigenvalue weighted by Crippen LogP contribution is 2.20. The van der Waals surface area contributed by atoms with Crippen LogP contribution in [0.3, 0.4) is 0 Å². The van der Waals surface area contributed by atoms with E-state index in [4.69, 9.17) is 4.74 Å². The minimum absolute atomic E-state index is 0.0806. The third-order valence-electron chi connectivity index (χ3n) is 4.82. The molecule has 2 aromatic rings. The van der Waals surface area contributed by atoms with Crippen LogP contribution in [0.4, 0.5) is 0 Å². The van der Waals surface area contributed by atoms with Crippen molar-refractivity contribution < 1.29 is 9.53 Å². The normalized spacial score (nSPS) is 11.1. The van der Waals surface area contributed by atoms with E-state index in [1.807, 2.05) is 19.1 Å². The molecule has 5 heteroatoms. The number of aryl methyl sites for hydroxylation is 2. The molecule has 0 saturated heterocycles. The first-order valence-electron chi connectivity index (χ1n) is 9.75. The summed E-state index contributed by atoms with van der Waals surface area (Å²) < 4.78 is 7.46. The van der Waals surface area contributed by atoms with E-state index in [2.05, 4.69) is 48.9 Å². The Balaban J connectivity index is 1.85. The molecule has 0 aliphatic carbocycles. The molecule has 0 aliphatic heterocycles. The summed E-state index contributed by atoms with van der Waals surface area (Å²) in [6.45, 7) is 12.1. The smallest absolute Gasteiger partial charge is 0.220 e. The minimum Gasteiger partial charge on any atom is -0.496 e. The number of carbonyl (C=O) groups excluding carboxylic acids is 1. The number of carbonyl (C=O) groups is 1. The molecule has 5 nitrogen and oxygen atoms in total. The van der Waals surface area contributed by atoms with Crippen LogP contribution in [0.5, 0.6) is 5.75 Å². The van der Waals surface area contributed by atoms with Gasteiger partial charge in [-0.2, -0.15) is 5.10 Å². The Hall–Kier alpha value is -2.30. The van der Waals surface area contributed by atoms with Crippen molar-refractivity contribution in [3.05, 3.63) is 46.3 Å². The SMILES string of the molecule is COc1ccc(C)cc1CCNC(=O)CCc1c(C)nn(CC(C)C)c1C. The van der Waals surface area contributed by atoms with Gasteiger partial charge in [0, 0.05) is 25.2 Å². The van der Waals surface area contributed by atoms with Crippen molar-refractivity contribution in [3.8, 4) is 5.75 Å². The number of benzene rings is 1. The van der Waals surface area contributed by atoms with Crippen molar-refractivity contribution in [1.29, 1.82) is 0 Å². The van der Waals surface area contributed by atoms with Crippen LogP contribution >= 0.6 is 0 Å². The number of ether oxygens (including phenoxy) is 1. The fourth-order valence-corrected chi connectivity index (χ4v) is 3.39. The molecule has 2 rings (SSSR count). The summed E-state index contributed by atoms with van der Waals surface area (Å²) in [4.78, 5) is 12.3. The second kappa shape index (κ2) is 9.58. The van der Waals surface area contributed by atoms with Gasteiger partial charge in [0.05, 0.1) is 12.8 Å². The van der Waals surface area contributed by atoms with Crippen LogP contribution in [0.15, 0.2) is 18.2 Å². The maximum absolute atomic E-state index is 12.3. The largest absolute Gasteiger partial charge is 0.496 e. The summed E-state index contributed by atoms with van der Waals surface area (Å²) in [5.74, 6) is 1.51. The number of nitrogens with zero attached hydrogens (tertiary/aromatic N) is 2. The Bertz CT molecular complexity index is 778. The summed E-state index contributed by atoms with van der Waals surface area (Å²) in [6.07, 6.45) is 1.98. The average Bonchev–Trinajstić information content (AvgIpc) is 2.86. The molecule has 1 heterocycles. The van der Waals surface area contributed by atoms with E-state index in [1.54, 1.807) is 7.11 Å². The van der Waals surface area contributed by atoms with Crippen LogP contribution in [0, 0.1) is 26.7 Å². The maximum atomic E-state index is 12.3. The molecule has 0 unspecified atom stereocenters. The first kappa shape index (κ1) is 21.0. The molecule has 0 fully saturated rings. The van der Waals surface area contributed by atoms with Gasteiger partial charge in [0.15, 0.2) is 0 Å². The Morgan fingerprint density at radius 3 is 2.63 bits per heavy atom. The van der Waals surface area contributed by atoms with Gasteiger partial charge >= 0.3 is 0 Å². The molecule has 1 amide bonds. The molecule has 1 N–H and O–H groups in total. The molecular formula is C22H33N3O2. The zero-order chi connectivity index (χ0) is 20.0. The van der Waals surface area contributed by atoms with Gasteiger partial charge in [-0.15, -0.1) is 0 Å². The molecule has 148 valence electrons. The topological polar surface area (TPSA) is 56.1 Å². The van der Waals surface area contributed by atoms with Crippen molar-refractivity contribution in [2.45, 2.75) is 60.4 Å². The first-order valence-corrected chi connectivity index (χ1v) is 9.75. The van der Waals surface area contributed by atoms with Gasteiger partial charge in [-0.05, 0) is 56.7 Å². The molecule has 0 radical (unpaired) electrons. The van der Waals surface area contributed by atoms with Gasteiger partial charge in [0.2, 0.25) is 5.91 Å². The first-order chi connectivity index (χ1) is 12.8. The van der Waals surface area contributed by atoms with E-state index in [0.29, 0.717) is 18.9 Å². The van der Waals surface area contributed by atoms with Crippen LogP contribution < -0.4 is 10.1 Å². The highest BCUT2D eigenvalue weighted by molar-refractivity contribution is 5.76. The standard InChI is InChI=1S/C22H33N3O2/c1-15(2)14-25-18(5)20(17(4)24-25)8-10-22(26)23-12-11-19-13-16(3)7-9-21(19)27-6/h7,9,13,15H,8,10-12,14H2,1-6H3,(H,23,26). The molecule has 1 aromatic carbocycles. The number of amides is 1. The van der Waals surface area contributed by atoms with Gasteiger partial charge in [-0.25, -0.2) is 0 Å². The Kier molecular flexibility index (Phi) is 7.45. The predicted molar refractivity (Wildman–Crippen MR) is 109 cm³/mol. The average molecular weight is 372 g/mol.